The molecule has 3 rings (SSSR count). The van der Waals surface area contributed by atoms with Gasteiger partial charge in [0.25, 0.3) is 0 Å². The van der Waals surface area contributed by atoms with Crippen molar-refractivity contribution >= 4 is 39.9 Å². The number of hydroxylamine groups is 2. The lowest BCUT2D eigenvalue weighted by molar-refractivity contribution is -0.165. The lowest BCUT2D eigenvalue weighted by atomic mass is 10.2. The highest BCUT2D eigenvalue weighted by molar-refractivity contribution is 6.31. The van der Waals surface area contributed by atoms with E-state index >= 15 is 0 Å². The smallest absolute Gasteiger partial charge is 0.245 e. The van der Waals surface area contributed by atoms with Gasteiger partial charge in [-0.3, -0.25) is 10.0 Å². The van der Waals surface area contributed by atoms with Crippen molar-refractivity contribution in [3.8, 4) is 11.5 Å². The van der Waals surface area contributed by atoms with E-state index in [1.54, 1.807) is 26.2 Å². The van der Waals surface area contributed by atoms with Crippen LogP contribution in [0.3, 0.4) is 0 Å². The van der Waals surface area contributed by atoms with Crippen molar-refractivity contribution in [1.29, 1.82) is 0 Å². The Morgan fingerprint density at radius 1 is 1.15 bits per heavy atom. The van der Waals surface area contributed by atoms with Crippen molar-refractivity contribution in [1.82, 2.24) is 15.0 Å². The van der Waals surface area contributed by atoms with Gasteiger partial charge in [0.15, 0.2) is 11.5 Å². The number of halogens is 2. The van der Waals surface area contributed by atoms with Crippen LogP contribution < -0.4 is 14.8 Å². The van der Waals surface area contributed by atoms with E-state index < -0.39 is 5.82 Å². The molecule has 0 bridgehead atoms. The molecule has 1 heterocycles. The molecular formula is C24H28ClFN4O4. The van der Waals surface area contributed by atoms with E-state index in [4.69, 9.17) is 21.1 Å². The second-order valence-corrected chi connectivity index (χ2v) is 8.04. The number of methoxy groups -OCH3 is 1. The molecule has 0 spiro atoms. The minimum Gasteiger partial charge on any atom is -0.493 e. The van der Waals surface area contributed by atoms with Gasteiger partial charge in [0, 0.05) is 30.1 Å². The van der Waals surface area contributed by atoms with Crippen LogP contribution in [0.5, 0.6) is 11.5 Å². The summed E-state index contributed by atoms with van der Waals surface area (Å²) in [4.78, 5) is 20.0. The van der Waals surface area contributed by atoms with Crippen LogP contribution in [-0.2, 0) is 4.79 Å². The molecule has 3 aromatic rings. The molecule has 10 heteroatoms. The summed E-state index contributed by atoms with van der Waals surface area (Å²) in [5.41, 5.74) is 1.25. The van der Waals surface area contributed by atoms with Gasteiger partial charge in [-0.15, -0.1) is 0 Å². The first-order valence-electron chi connectivity index (χ1n) is 11.1. The monoisotopic (exact) mass is 490 g/mol. The number of aromatic nitrogens is 2. The van der Waals surface area contributed by atoms with Crippen LogP contribution in [0.4, 0.5) is 15.9 Å². The quantitative estimate of drug-likeness (QED) is 0.190. The third kappa shape index (κ3) is 6.68. The molecule has 2 aromatic carbocycles. The van der Waals surface area contributed by atoms with E-state index in [9.17, 15) is 14.4 Å². The Labute approximate surface area is 202 Å². The normalized spacial score (nSPS) is 10.9. The van der Waals surface area contributed by atoms with E-state index in [1.807, 2.05) is 6.07 Å². The molecule has 0 aliphatic rings. The molecule has 0 unspecified atom stereocenters. The van der Waals surface area contributed by atoms with Gasteiger partial charge in [-0.1, -0.05) is 24.9 Å². The lowest BCUT2D eigenvalue weighted by Gasteiger charge is -2.15. The zero-order chi connectivity index (χ0) is 24.5. The first kappa shape index (κ1) is 25.5. The van der Waals surface area contributed by atoms with Gasteiger partial charge in [0.2, 0.25) is 5.91 Å². The van der Waals surface area contributed by atoms with Crippen LogP contribution >= 0.6 is 11.6 Å². The number of hydrogen-bond acceptors (Lipinski definition) is 7. The van der Waals surface area contributed by atoms with E-state index in [-0.39, 0.29) is 17.4 Å². The topological polar surface area (TPSA) is 96.8 Å². The molecule has 8 nitrogen and oxygen atoms in total. The number of fused-ring (bicyclic) bond motifs is 1. The number of amides is 1. The Morgan fingerprint density at radius 3 is 2.68 bits per heavy atom. The first-order chi connectivity index (χ1) is 16.4. The van der Waals surface area contributed by atoms with Gasteiger partial charge in [0.05, 0.1) is 24.3 Å². The zero-order valence-corrected chi connectivity index (χ0v) is 19.9. The first-order valence-corrected chi connectivity index (χ1v) is 11.5. The molecule has 182 valence electrons. The van der Waals surface area contributed by atoms with E-state index in [0.29, 0.717) is 47.1 Å². The summed E-state index contributed by atoms with van der Waals surface area (Å²) >= 11 is 5.89. The summed E-state index contributed by atoms with van der Waals surface area (Å²) < 4.78 is 24.9. The molecule has 0 aliphatic heterocycles. The molecule has 34 heavy (non-hydrogen) atoms. The molecule has 0 radical (unpaired) electrons. The molecule has 1 aromatic heterocycles. The second kappa shape index (κ2) is 12.3. The minimum atomic E-state index is -0.497. The number of carbonyl (C=O) groups is 1. The number of nitrogens with zero attached hydrogens (tertiary/aromatic N) is 3. The van der Waals surface area contributed by atoms with Gasteiger partial charge < -0.3 is 14.8 Å². The average molecular weight is 491 g/mol. The maximum absolute atomic E-state index is 13.5. The van der Waals surface area contributed by atoms with Crippen molar-refractivity contribution in [2.24, 2.45) is 0 Å². The molecular weight excluding hydrogens is 463 g/mol. The van der Waals surface area contributed by atoms with Crippen LogP contribution in [0, 0.1) is 5.82 Å². The standard InChI is InChI=1S/C24H28ClFN4O4/c1-3-23(31)30(32)10-6-4-5-7-11-34-22-13-17-20(14-21(22)33-2)27-15-28-24(17)29-16-8-9-19(26)18(25)12-16/h8-9,12-15,32H,3-7,10-11H2,1-2H3,(H,27,28,29). The summed E-state index contributed by atoms with van der Waals surface area (Å²) in [5, 5.41) is 14.2. The summed E-state index contributed by atoms with van der Waals surface area (Å²) in [6, 6.07) is 7.92. The molecule has 0 fully saturated rings. The number of rotatable bonds is 12. The highest BCUT2D eigenvalue weighted by Gasteiger charge is 2.13. The zero-order valence-electron chi connectivity index (χ0n) is 19.2. The number of unbranched alkanes of at least 4 members (excludes halogenated alkanes) is 3. The van der Waals surface area contributed by atoms with E-state index in [0.717, 1.165) is 30.7 Å². The fraction of sp³-hybridized carbons (Fsp3) is 0.375. The highest BCUT2D eigenvalue weighted by atomic mass is 35.5. The van der Waals surface area contributed by atoms with Crippen molar-refractivity contribution in [3.05, 3.63) is 47.5 Å². The van der Waals surface area contributed by atoms with Crippen LogP contribution in [0.1, 0.15) is 39.0 Å². The van der Waals surface area contributed by atoms with Crippen LogP contribution in [0.25, 0.3) is 10.9 Å². The Kier molecular flexibility index (Phi) is 9.24. The molecule has 0 aliphatic carbocycles. The number of nitrogens with one attached hydrogen (secondary N) is 1. The van der Waals surface area contributed by atoms with Crippen LogP contribution in [0.15, 0.2) is 36.7 Å². The van der Waals surface area contributed by atoms with Crippen molar-refractivity contribution in [2.45, 2.75) is 39.0 Å². The lowest BCUT2D eigenvalue weighted by Crippen LogP contribution is -2.27. The molecule has 0 saturated heterocycles. The summed E-state index contributed by atoms with van der Waals surface area (Å²) in [7, 11) is 1.56. The third-order valence-electron chi connectivity index (χ3n) is 5.22. The fourth-order valence-electron chi connectivity index (χ4n) is 3.35. The number of anilines is 2. The van der Waals surface area contributed by atoms with Gasteiger partial charge in [-0.05, 0) is 43.5 Å². The minimum absolute atomic E-state index is 0.0118. The number of ether oxygens (including phenoxy) is 2. The maximum atomic E-state index is 13.5. The van der Waals surface area contributed by atoms with Crippen molar-refractivity contribution in [3.63, 3.8) is 0 Å². The van der Waals surface area contributed by atoms with Gasteiger partial charge >= 0.3 is 0 Å². The molecule has 1 amide bonds. The van der Waals surface area contributed by atoms with Gasteiger partial charge in [0.1, 0.15) is 18.0 Å². The maximum Gasteiger partial charge on any atom is 0.245 e. The second-order valence-electron chi connectivity index (χ2n) is 7.63. The average Bonchev–Trinajstić information content (AvgIpc) is 2.84. The fourth-order valence-corrected chi connectivity index (χ4v) is 3.53. The van der Waals surface area contributed by atoms with Gasteiger partial charge in [-0.2, -0.15) is 0 Å². The predicted octanol–water partition coefficient (Wildman–Crippen LogP) is 5.74. The Hall–Kier alpha value is -3.17. The molecule has 2 N–H and O–H groups in total. The Morgan fingerprint density at radius 2 is 1.94 bits per heavy atom. The highest BCUT2D eigenvalue weighted by Crippen LogP contribution is 2.35. The Bertz CT molecular complexity index is 1130. The Balaban J connectivity index is 1.62. The van der Waals surface area contributed by atoms with Crippen molar-refractivity contribution in [2.75, 3.05) is 25.6 Å². The summed E-state index contributed by atoms with van der Waals surface area (Å²) in [6.45, 7) is 2.52. The van der Waals surface area contributed by atoms with Crippen molar-refractivity contribution < 1.29 is 23.9 Å². The number of benzene rings is 2. The van der Waals surface area contributed by atoms with Crippen LogP contribution in [0.2, 0.25) is 5.02 Å². The third-order valence-corrected chi connectivity index (χ3v) is 5.50. The largest absolute Gasteiger partial charge is 0.493 e. The summed E-state index contributed by atoms with van der Waals surface area (Å²) in [5.74, 6) is 0.863. The number of hydrogen-bond donors (Lipinski definition) is 2. The number of carbonyl (C=O) groups excluding carboxylic acids is 1. The van der Waals surface area contributed by atoms with E-state index in [1.165, 1.54) is 18.5 Å². The van der Waals surface area contributed by atoms with Crippen LogP contribution in [-0.4, -0.2) is 46.4 Å². The molecule has 0 atom stereocenters. The van der Waals surface area contributed by atoms with E-state index in [2.05, 4.69) is 15.3 Å². The molecule has 0 saturated carbocycles. The SMILES string of the molecule is CCC(=O)N(O)CCCCCCOc1cc2c(Nc3ccc(F)c(Cl)c3)ncnc2cc1OC. The van der Waals surface area contributed by atoms with Gasteiger partial charge in [-0.25, -0.2) is 19.4 Å². The summed E-state index contributed by atoms with van der Waals surface area (Å²) in [6.07, 6.45) is 5.01. The predicted molar refractivity (Wildman–Crippen MR) is 129 cm³/mol.